The summed E-state index contributed by atoms with van der Waals surface area (Å²) >= 11 is 0. The summed E-state index contributed by atoms with van der Waals surface area (Å²) < 4.78 is 26.4. The van der Waals surface area contributed by atoms with Crippen molar-refractivity contribution in [3.8, 4) is 0 Å². The van der Waals surface area contributed by atoms with Gasteiger partial charge in [0.05, 0.1) is 4.90 Å². The molecule has 1 aromatic rings. The van der Waals surface area contributed by atoms with Crippen LogP contribution in [0.2, 0.25) is 0 Å². The highest BCUT2D eigenvalue weighted by atomic mass is 32.2. The van der Waals surface area contributed by atoms with Crippen molar-refractivity contribution in [3.63, 3.8) is 0 Å². The van der Waals surface area contributed by atoms with Gasteiger partial charge in [-0.3, -0.25) is 0 Å². The number of hydrogen-bond acceptors (Lipinski definition) is 3. The van der Waals surface area contributed by atoms with Gasteiger partial charge in [0.25, 0.3) is 0 Å². The second-order valence-electron chi connectivity index (χ2n) is 5.60. The van der Waals surface area contributed by atoms with Crippen molar-refractivity contribution in [2.24, 2.45) is 11.7 Å². The molecule has 20 heavy (non-hydrogen) atoms. The van der Waals surface area contributed by atoms with Crippen LogP contribution in [0.25, 0.3) is 0 Å². The summed E-state index contributed by atoms with van der Waals surface area (Å²) in [6.07, 6.45) is 1.64. The van der Waals surface area contributed by atoms with Crippen LogP contribution >= 0.6 is 0 Å². The minimum absolute atomic E-state index is 0.119. The third-order valence-electron chi connectivity index (χ3n) is 3.46. The number of nitrogens with two attached hydrogens (primary N) is 1. The van der Waals surface area contributed by atoms with Gasteiger partial charge in [-0.1, -0.05) is 32.9 Å². The predicted molar refractivity (Wildman–Crippen MR) is 82.9 cm³/mol. The Bertz CT molecular complexity index is 526. The topological polar surface area (TPSA) is 63.4 Å². The Balaban J connectivity index is 2.97. The molecule has 0 aliphatic heterocycles. The Hall–Kier alpha value is -0.910. The molecule has 0 aliphatic carbocycles. The molecular formula is C15H26N2O2S. The number of benzene rings is 1. The summed E-state index contributed by atoms with van der Waals surface area (Å²) in [5, 5.41) is 0. The van der Waals surface area contributed by atoms with Crippen LogP contribution in [-0.2, 0) is 10.0 Å². The highest BCUT2D eigenvalue weighted by Crippen LogP contribution is 2.21. The molecule has 0 aliphatic rings. The molecule has 0 bridgehead atoms. The predicted octanol–water partition coefficient (Wildman–Crippen LogP) is 2.76. The zero-order chi connectivity index (χ0) is 15.3. The lowest BCUT2D eigenvalue weighted by Gasteiger charge is -2.19. The highest BCUT2D eigenvalue weighted by molar-refractivity contribution is 7.89. The van der Waals surface area contributed by atoms with Gasteiger partial charge in [0, 0.05) is 19.6 Å². The van der Waals surface area contributed by atoms with Crippen LogP contribution < -0.4 is 5.73 Å². The first-order valence-electron chi connectivity index (χ1n) is 7.11. The fraction of sp³-hybridized carbons (Fsp3) is 0.600. The lowest BCUT2D eigenvalue weighted by molar-refractivity contribution is 0.428. The Morgan fingerprint density at radius 2 is 1.95 bits per heavy atom. The first-order chi connectivity index (χ1) is 9.28. The number of rotatable bonds is 7. The van der Waals surface area contributed by atoms with Crippen LogP contribution in [0, 0.1) is 5.92 Å². The van der Waals surface area contributed by atoms with E-state index in [1.165, 1.54) is 4.31 Å². The van der Waals surface area contributed by atoms with Gasteiger partial charge in [-0.2, -0.15) is 0 Å². The lowest BCUT2D eigenvalue weighted by atomic mass is 10.1. The Labute approximate surface area is 123 Å². The van der Waals surface area contributed by atoms with E-state index in [1.54, 1.807) is 25.2 Å². The molecule has 0 saturated heterocycles. The molecule has 1 unspecified atom stereocenters. The lowest BCUT2D eigenvalue weighted by Crippen LogP contribution is -2.28. The minimum Gasteiger partial charge on any atom is -0.324 e. The standard InChI is InChI=1S/C15H26N2O2S/c1-5-15(16)13-7-6-8-14(11-13)20(18,19)17(4)10-9-12(2)3/h6-8,11-12,15H,5,9-10,16H2,1-4H3. The molecular weight excluding hydrogens is 272 g/mol. The number of sulfonamides is 1. The maximum Gasteiger partial charge on any atom is 0.242 e. The number of hydrogen-bond donors (Lipinski definition) is 1. The molecule has 0 heterocycles. The monoisotopic (exact) mass is 298 g/mol. The van der Waals surface area contributed by atoms with Gasteiger partial charge in [-0.25, -0.2) is 12.7 Å². The van der Waals surface area contributed by atoms with E-state index < -0.39 is 10.0 Å². The highest BCUT2D eigenvalue weighted by Gasteiger charge is 2.21. The van der Waals surface area contributed by atoms with Crippen molar-refractivity contribution < 1.29 is 8.42 Å². The van der Waals surface area contributed by atoms with Crippen LogP contribution in [0.1, 0.15) is 45.2 Å². The summed E-state index contributed by atoms with van der Waals surface area (Å²) in [5.74, 6) is 0.479. The van der Waals surface area contributed by atoms with Crippen molar-refractivity contribution in [1.29, 1.82) is 0 Å². The van der Waals surface area contributed by atoms with Gasteiger partial charge in [-0.05, 0) is 36.5 Å². The zero-order valence-corrected chi connectivity index (χ0v) is 13.7. The van der Waals surface area contributed by atoms with Crippen LogP contribution in [0.3, 0.4) is 0 Å². The summed E-state index contributed by atoms with van der Waals surface area (Å²) in [6.45, 7) is 6.69. The van der Waals surface area contributed by atoms with Gasteiger partial charge in [0.1, 0.15) is 0 Å². The quantitative estimate of drug-likeness (QED) is 0.842. The average molecular weight is 298 g/mol. The van der Waals surface area contributed by atoms with Crippen LogP contribution in [0.5, 0.6) is 0 Å². The van der Waals surface area contributed by atoms with Crippen molar-refractivity contribution in [1.82, 2.24) is 4.31 Å². The van der Waals surface area contributed by atoms with Gasteiger partial charge in [0.15, 0.2) is 0 Å². The number of nitrogens with zero attached hydrogens (tertiary/aromatic N) is 1. The third-order valence-corrected chi connectivity index (χ3v) is 5.31. The molecule has 0 spiro atoms. The maximum atomic E-state index is 12.5. The van der Waals surface area contributed by atoms with E-state index in [0.29, 0.717) is 17.4 Å². The molecule has 5 heteroatoms. The Morgan fingerprint density at radius 3 is 2.50 bits per heavy atom. The minimum atomic E-state index is -3.42. The van der Waals surface area contributed by atoms with Crippen molar-refractivity contribution >= 4 is 10.0 Å². The molecule has 0 radical (unpaired) electrons. The molecule has 0 fully saturated rings. The van der Waals surface area contributed by atoms with E-state index >= 15 is 0 Å². The summed E-state index contributed by atoms with van der Waals surface area (Å²) in [7, 11) is -1.79. The van der Waals surface area contributed by atoms with E-state index in [1.807, 2.05) is 13.0 Å². The SMILES string of the molecule is CCC(N)c1cccc(S(=O)(=O)N(C)CCC(C)C)c1. The molecule has 1 atom stereocenters. The molecule has 0 saturated carbocycles. The van der Waals surface area contributed by atoms with E-state index in [-0.39, 0.29) is 6.04 Å². The molecule has 1 aromatic carbocycles. The second-order valence-corrected chi connectivity index (χ2v) is 7.64. The molecule has 0 amide bonds. The van der Waals surface area contributed by atoms with E-state index in [9.17, 15) is 8.42 Å². The van der Waals surface area contributed by atoms with E-state index in [0.717, 1.165) is 18.4 Å². The van der Waals surface area contributed by atoms with Crippen molar-refractivity contribution in [2.75, 3.05) is 13.6 Å². The Kier molecular flexibility index (Phi) is 6.17. The summed E-state index contributed by atoms with van der Waals surface area (Å²) in [5.41, 5.74) is 6.84. The summed E-state index contributed by atoms with van der Waals surface area (Å²) in [6, 6.07) is 6.84. The summed E-state index contributed by atoms with van der Waals surface area (Å²) in [4.78, 5) is 0.324. The molecule has 4 nitrogen and oxygen atoms in total. The zero-order valence-electron chi connectivity index (χ0n) is 12.8. The third kappa shape index (κ3) is 4.30. The van der Waals surface area contributed by atoms with Crippen molar-refractivity contribution in [3.05, 3.63) is 29.8 Å². The smallest absolute Gasteiger partial charge is 0.242 e. The average Bonchev–Trinajstić information content (AvgIpc) is 2.43. The van der Waals surface area contributed by atoms with Crippen LogP contribution in [0.15, 0.2) is 29.2 Å². The van der Waals surface area contributed by atoms with Gasteiger partial charge in [-0.15, -0.1) is 0 Å². The molecule has 0 aromatic heterocycles. The van der Waals surface area contributed by atoms with E-state index in [4.69, 9.17) is 5.73 Å². The second kappa shape index (κ2) is 7.20. The van der Waals surface area contributed by atoms with Crippen molar-refractivity contribution in [2.45, 2.75) is 44.6 Å². The van der Waals surface area contributed by atoms with Gasteiger partial charge in [0.2, 0.25) is 10.0 Å². The van der Waals surface area contributed by atoms with E-state index in [2.05, 4.69) is 13.8 Å². The van der Waals surface area contributed by atoms with Crippen LogP contribution in [-0.4, -0.2) is 26.3 Å². The molecule has 114 valence electrons. The van der Waals surface area contributed by atoms with Gasteiger partial charge >= 0.3 is 0 Å². The Morgan fingerprint density at radius 1 is 1.30 bits per heavy atom. The maximum absolute atomic E-state index is 12.5. The largest absolute Gasteiger partial charge is 0.324 e. The fourth-order valence-electron chi connectivity index (χ4n) is 1.88. The first-order valence-corrected chi connectivity index (χ1v) is 8.55. The fourth-order valence-corrected chi connectivity index (χ4v) is 3.12. The first kappa shape index (κ1) is 17.1. The van der Waals surface area contributed by atoms with Crippen LogP contribution in [0.4, 0.5) is 0 Å². The molecule has 1 rings (SSSR count). The normalized spacial score (nSPS) is 13.9. The molecule has 2 N–H and O–H groups in total. The van der Waals surface area contributed by atoms with Gasteiger partial charge < -0.3 is 5.73 Å².